The van der Waals surface area contributed by atoms with E-state index in [1.807, 2.05) is 6.20 Å². The molecule has 0 aliphatic rings. The summed E-state index contributed by atoms with van der Waals surface area (Å²) in [7, 11) is 1.68. The zero-order valence-corrected chi connectivity index (χ0v) is 12.1. The van der Waals surface area contributed by atoms with Gasteiger partial charge in [-0.3, -0.25) is 4.98 Å². The topological polar surface area (TPSA) is 34.2 Å². The van der Waals surface area contributed by atoms with Crippen LogP contribution in [0.25, 0.3) is 0 Å². The molecule has 1 N–H and O–H groups in total. The molecule has 1 aromatic heterocycles. The molecule has 0 saturated heterocycles. The SMILES string of the molecule is CCCNC(CC(C)CC)c1cncc(OC)c1. The van der Waals surface area contributed by atoms with Crippen LogP contribution >= 0.6 is 0 Å². The van der Waals surface area contributed by atoms with E-state index in [1.54, 1.807) is 13.3 Å². The molecule has 0 spiro atoms. The molecular formula is C15H26N2O. The maximum Gasteiger partial charge on any atom is 0.137 e. The number of ether oxygens (including phenoxy) is 1. The third kappa shape index (κ3) is 4.65. The molecule has 0 aromatic carbocycles. The Morgan fingerprint density at radius 3 is 2.72 bits per heavy atom. The molecule has 2 atom stereocenters. The van der Waals surface area contributed by atoms with Crippen molar-refractivity contribution in [3.05, 3.63) is 24.0 Å². The molecular weight excluding hydrogens is 224 g/mol. The number of hydrogen-bond donors (Lipinski definition) is 1. The normalized spacial score (nSPS) is 14.2. The lowest BCUT2D eigenvalue weighted by molar-refractivity contribution is 0.393. The van der Waals surface area contributed by atoms with Gasteiger partial charge in [-0.25, -0.2) is 0 Å². The van der Waals surface area contributed by atoms with Gasteiger partial charge < -0.3 is 10.1 Å². The van der Waals surface area contributed by atoms with Crippen molar-refractivity contribution in [2.45, 2.75) is 46.1 Å². The fraction of sp³-hybridized carbons (Fsp3) is 0.667. The zero-order valence-electron chi connectivity index (χ0n) is 12.1. The summed E-state index contributed by atoms with van der Waals surface area (Å²) in [6, 6.07) is 2.46. The van der Waals surface area contributed by atoms with Gasteiger partial charge in [0, 0.05) is 12.2 Å². The van der Waals surface area contributed by atoms with Gasteiger partial charge in [0.2, 0.25) is 0 Å². The van der Waals surface area contributed by atoms with Crippen LogP contribution in [0.3, 0.4) is 0 Å². The van der Waals surface area contributed by atoms with Crippen molar-refractivity contribution in [1.29, 1.82) is 0 Å². The summed E-state index contributed by atoms with van der Waals surface area (Å²) in [5.41, 5.74) is 1.23. The first-order chi connectivity index (χ1) is 8.71. The largest absolute Gasteiger partial charge is 0.495 e. The van der Waals surface area contributed by atoms with E-state index in [4.69, 9.17) is 4.74 Å². The number of methoxy groups -OCH3 is 1. The Bertz CT molecular complexity index is 341. The van der Waals surface area contributed by atoms with E-state index < -0.39 is 0 Å². The summed E-state index contributed by atoms with van der Waals surface area (Å²) in [5.74, 6) is 1.55. The smallest absolute Gasteiger partial charge is 0.137 e. The van der Waals surface area contributed by atoms with Gasteiger partial charge in [0.15, 0.2) is 0 Å². The standard InChI is InChI=1S/C15H26N2O/c1-5-7-17-15(8-12(3)6-2)13-9-14(18-4)11-16-10-13/h9-12,15,17H,5-8H2,1-4H3. The number of nitrogens with one attached hydrogen (secondary N) is 1. The van der Waals surface area contributed by atoms with E-state index in [9.17, 15) is 0 Å². The minimum Gasteiger partial charge on any atom is -0.495 e. The average molecular weight is 250 g/mol. The van der Waals surface area contributed by atoms with Gasteiger partial charge >= 0.3 is 0 Å². The van der Waals surface area contributed by atoms with E-state index in [0.717, 1.165) is 25.1 Å². The number of rotatable bonds is 8. The molecule has 0 fully saturated rings. The van der Waals surface area contributed by atoms with E-state index in [0.29, 0.717) is 12.0 Å². The molecule has 18 heavy (non-hydrogen) atoms. The quantitative estimate of drug-likeness (QED) is 0.766. The monoisotopic (exact) mass is 250 g/mol. The van der Waals surface area contributed by atoms with Crippen LogP contribution < -0.4 is 10.1 Å². The van der Waals surface area contributed by atoms with Gasteiger partial charge in [-0.15, -0.1) is 0 Å². The molecule has 0 radical (unpaired) electrons. The molecule has 102 valence electrons. The predicted octanol–water partition coefficient (Wildman–Crippen LogP) is 3.57. The molecule has 0 aliphatic carbocycles. The maximum atomic E-state index is 5.25. The minimum atomic E-state index is 0.377. The fourth-order valence-electron chi connectivity index (χ4n) is 1.96. The molecule has 3 nitrogen and oxygen atoms in total. The van der Waals surface area contributed by atoms with Crippen molar-refractivity contribution < 1.29 is 4.74 Å². The first kappa shape index (κ1) is 15.0. The van der Waals surface area contributed by atoms with Crippen molar-refractivity contribution >= 4 is 0 Å². The molecule has 2 unspecified atom stereocenters. The van der Waals surface area contributed by atoms with E-state index in [1.165, 1.54) is 12.0 Å². The first-order valence-electron chi connectivity index (χ1n) is 6.93. The Morgan fingerprint density at radius 2 is 2.11 bits per heavy atom. The van der Waals surface area contributed by atoms with Crippen molar-refractivity contribution in [1.82, 2.24) is 10.3 Å². The molecule has 0 saturated carbocycles. The van der Waals surface area contributed by atoms with Crippen molar-refractivity contribution in [3.8, 4) is 5.75 Å². The Hall–Kier alpha value is -1.09. The van der Waals surface area contributed by atoms with Gasteiger partial charge in [0.05, 0.1) is 13.3 Å². The third-order valence-electron chi connectivity index (χ3n) is 3.35. The number of aromatic nitrogens is 1. The van der Waals surface area contributed by atoms with E-state index in [-0.39, 0.29) is 0 Å². The highest BCUT2D eigenvalue weighted by Crippen LogP contribution is 2.24. The Balaban J connectivity index is 2.78. The number of nitrogens with zero attached hydrogens (tertiary/aromatic N) is 1. The second-order valence-corrected chi connectivity index (χ2v) is 4.91. The van der Waals surface area contributed by atoms with Crippen molar-refractivity contribution in [2.24, 2.45) is 5.92 Å². The second kappa shape index (κ2) is 8.09. The van der Waals surface area contributed by atoms with Crippen molar-refractivity contribution in [3.63, 3.8) is 0 Å². The Labute approximate surface area is 111 Å². The van der Waals surface area contributed by atoms with Gasteiger partial charge in [0.1, 0.15) is 5.75 Å². The molecule has 0 aliphatic heterocycles. The van der Waals surface area contributed by atoms with Gasteiger partial charge in [-0.2, -0.15) is 0 Å². The van der Waals surface area contributed by atoms with Gasteiger partial charge in [-0.05, 0) is 36.9 Å². The van der Waals surface area contributed by atoms with Crippen LogP contribution in [-0.4, -0.2) is 18.6 Å². The second-order valence-electron chi connectivity index (χ2n) is 4.91. The van der Waals surface area contributed by atoms with E-state index >= 15 is 0 Å². The van der Waals surface area contributed by atoms with Crippen LogP contribution in [0.1, 0.15) is 51.6 Å². The lowest BCUT2D eigenvalue weighted by Crippen LogP contribution is -2.24. The summed E-state index contributed by atoms with van der Waals surface area (Å²) in [6.45, 7) is 7.77. The van der Waals surface area contributed by atoms with Crippen LogP contribution in [-0.2, 0) is 0 Å². The third-order valence-corrected chi connectivity index (χ3v) is 3.35. The summed E-state index contributed by atoms with van der Waals surface area (Å²) in [6.07, 6.45) is 7.20. The average Bonchev–Trinajstić information content (AvgIpc) is 2.43. The van der Waals surface area contributed by atoms with Crippen LogP contribution in [0.4, 0.5) is 0 Å². The predicted molar refractivity (Wildman–Crippen MR) is 75.9 cm³/mol. The summed E-state index contributed by atoms with van der Waals surface area (Å²) in [5, 5.41) is 3.61. The molecule has 1 heterocycles. The number of pyridine rings is 1. The Morgan fingerprint density at radius 1 is 1.33 bits per heavy atom. The van der Waals surface area contributed by atoms with Gasteiger partial charge in [-0.1, -0.05) is 27.2 Å². The minimum absolute atomic E-state index is 0.377. The Kier molecular flexibility index (Phi) is 6.73. The first-order valence-corrected chi connectivity index (χ1v) is 6.93. The molecule has 1 aromatic rings. The van der Waals surface area contributed by atoms with Crippen LogP contribution in [0.5, 0.6) is 5.75 Å². The molecule has 0 bridgehead atoms. The van der Waals surface area contributed by atoms with Gasteiger partial charge in [0.25, 0.3) is 0 Å². The number of hydrogen-bond acceptors (Lipinski definition) is 3. The summed E-state index contributed by atoms with van der Waals surface area (Å²) in [4.78, 5) is 4.25. The zero-order chi connectivity index (χ0) is 13.4. The van der Waals surface area contributed by atoms with Crippen LogP contribution in [0, 0.1) is 5.92 Å². The molecule has 3 heteroatoms. The molecule has 0 amide bonds. The van der Waals surface area contributed by atoms with Crippen LogP contribution in [0.2, 0.25) is 0 Å². The highest BCUT2D eigenvalue weighted by atomic mass is 16.5. The maximum absolute atomic E-state index is 5.25. The highest BCUT2D eigenvalue weighted by molar-refractivity contribution is 5.26. The molecule has 1 rings (SSSR count). The summed E-state index contributed by atoms with van der Waals surface area (Å²) < 4.78 is 5.25. The lowest BCUT2D eigenvalue weighted by atomic mass is 9.95. The van der Waals surface area contributed by atoms with E-state index in [2.05, 4.69) is 37.1 Å². The fourth-order valence-corrected chi connectivity index (χ4v) is 1.96. The summed E-state index contributed by atoms with van der Waals surface area (Å²) >= 11 is 0. The lowest BCUT2D eigenvalue weighted by Gasteiger charge is -2.22. The van der Waals surface area contributed by atoms with Crippen LogP contribution in [0.15, 0.2) is 18.5 Å². The van der Waals surface area contributed by atoms with Crippen molar-refractivity contribution in [2.75, 3.05) is 13.7 Å². The highest BCUT2D eigenvalue weighted by Gasteiger charge is 2.14.